The highest BCUT2D eigenvalue weighted by Gasteiger charge is 2.18. The van der Waals surface area contributed by atoms with Crippen molar-refractivity contribution >= 4 is 59.6 Å². The first kappa shape index (κ1) is 51.7. The first-order valence-corrected chi connectivity index (χ1v) is 22.1. The molecule has 0 aliphatic heterocycles. The molecule has 6 aromatic carbocycles. The molecule has 0 atom stereocenters. The summed E-state index contributed by atoms with van der Waals surface area (Å²) < 4.78 is 95.1. The number of nitrogens with one attached hydrogen (secondary N) is 2. The summed E-state index contributed by atoms with van der Waals surface area (Å²) in [7, 11) is 16.9. The van der Waals surface area contributed by atoms with Crippen LogP contribution in [0.1, 0.15) is 22.3 Å². The smallest absolute Gasteiger partial charge is 0.203 e. The van der Waals surface area contributed by atoms with Crippen LogP contribution in [0.4, 0.5) is 20.2 Å². The van der Waals surface area contributed by atoms with Crippen molar-refractivity contribution in [1.82, 2.24) is 0 Å². The van der Waals surface area contributed by atoms with Gasteiger partial charge in [-0.05, 0) is 126 Å². The van der Waals surface area contributed by atoms with Crippen LogP contribution in [-0.4, -0.2) is 78.2 Å². The zero-order chi connectivity index (χ0) is 49.2. The Kier molecular flexibility index (Phi) is 19.5. The summed E-state index contributed by atoms with van der Waals surface area (Å²) in [6.07, 6.45) is 7.27. The Morgan fingerprint density at radius 3 is 1.09 bits per heavy atom. The number of rotatable bonds is 21. The molecular weight excluding hydrogens is 919 g/mol. The van der Waals surface area contributed by atoms with Crippen molar-refractivity contribution in [3.8, 4) is 63.2 Å². The molecule has 2 N–H and O–H groups in total. The lowest BCUT2D eigenvalue weighted by Crippen LogP contribution is -1.98. The number of benzene rings is 6. The Hall–Kier alpha value is -7.24. The van der Waals surface area contributed by atoms with Gasteiger partial charge in [0.2, 0.25) is 11.5 Å². The summed E-state index contributed by atoms with van der Waals surface area (Å²) in [5.74, 6) is 4.34. The molecule has 0 spiro atoms. The average molecular weight is 973 g/mol. The Balaban J connectivity index is 0.000000255. The van der Waals surface area contributed by atoms with Crippen LogP contribution in [0.15, 0.2) is 101 Å². The molecule has 360 valence electrons. The Morgan fingerprint density at radius 2 is 0.721 bits per heavy atom. The van der Waals surface area contributed by atoms with Crippen molar-refractivity contribution in [2.45, 2.75) is 9.79 Å². The highest BCUT2D eigenvalue weighted by Crippen LogP contribution is 2.42. The summed E-state index contributed by atoms with van der Waals surface area (Å²) in [5, 5.41) is 0. The highest BCUT2D eigenvalue weighted by atomic mass is 32.2. The molecule has 17 heteroatoms. The number of anilines is 2. The lowest BCUT2D eigenvalue weighted by Gasteiger charge is -2.14. The zero-order valence-corrected chi connectivity index (χ0v) is 41.2. The number of ether oxygens (including phenoxy) is 11. The number of methoxy groups -OCH3 is 11. The van der Waals surface area contributed by atoms with Gasteiger partial charge >= 0.3 is 0 Å². The van der Waals surface area contributed by atoms with E-state index in [0.29, 0.717) is 62.8 Å². The SMILES string of the molecule is COc1ccc(SNc2c(/C=C\c3cc(OC)c(OC)c(OC)c3)ccc(OC)c2F)cc1.COc1ccc(SNc2c(/C=C\c3cc(OC)c(OC)c(OC)c3)ccc(OC)c2F)cc1OC. The van der Waals surface area contributed by atoms with E-state index in [1.54, 1.807) is 113 Å². The molecule has 0 saturated carbocycles. The molecule has 0 unspecified atom stereocenters. The minimum atomic E-state index is -0.507. The van der Waals surface area contributed by atoms with Crippen LogP contribution in [0, 0.1) is 11.6 Å². The standard InChI is InChI=1S/C26H28FNO6S.C25H26FNO5S/c1-29-19-12-10-18(15-21(19)31-3)35-28-25-17(9-11-20(30-2)24(25)27)8-7-16-13-22(32-4)26(34-6)23(14-16)33-5;1-28-18-9-11-19(12-10-18)33-27-24-17(8-13-20(29-2)23(24)26)7-6-16-14-21(30-3)25(32-5)22(15-16)31-4/h7-15,28H,1-6H3;6-15,27H,1-5H3/b8-7-;7-6-. The largest absolute Gasteiger partial charge is 0.497 e. The molecule has 68 heavy (non-hydrogen) atoms. The second-order valence-electron chi connectivity index (χ2n) is 13.8. The number of halogens is 2. The van der Waals surface area contributed by atoms with Crippen LogP contribution in [-0.2, 0) is 0 Å². The van der Waals surface area contributed by atoms with Gasteiger partial charge in [-0.3, -0.25) is 0 Å². The third-order valence-electron chi connectivity index (χ3n) is 9.96. The summed E-state index contributed by atoms with van der Waals surface area (Å²) in [6.45, 7) is 0. The van der Waals surface area contributed by atoms with E-state index in [2.05, 4.69) is 9.44 Å². The monoisotopic (exact) mass is 972 g/mol. The van der Waals surface area contributed by atoms with Gasteiger partial charge in [-0.2, -0.15) is 0 Å². The summed E-state index contributed by atoms with van der Waals surface area (Å²) in [6, 6.07) is 26.9. The predicted octanol–water partition coefficient (Wildman–Crippen LogP) is 12.3. The van der Waals surface area contributed by atoms with E-state index in [4.69, 9.17) is 52.1 Å². The zero-order valence-electron chi connectivity index (χ0n) is 39.5. The lowest BCUT2D eigenvalue weighted by atomic mass is 10.1. The average Bonchev–Trinajstić information content (AvgIpc) is 3.38. The van der Waals surface area contributed by atoms with Crippen LogP contribution >= 0.6 is 23.9 Å². The van der Waals surface area contributed by atoms with Gasteiger partial charge in [0, 0.05) is 20.9 Å². The Bertz CT molecular complexity index is 2630. The third kappa shape index (κ3) is 12.8. The van der Waals surface area contributed by atoms with E-state index in [1.165, 1.54) is 38.1 Å². The maximum Gasteiger partial charge on any atom is 0.203 e. The van der Waals surface area contributed by atoms with Crippen LogP contribution < -0.4 is 61.5 Å². The van der Waals surface area contributed by atoms with E-state index < -0.39 is 11.6 Å². The maximum absolute atomic E-state index is 15.2. The second kappa shape index (κ2) is 25.6. The van der Waals surface area contributed by atoms with Gasteiger partial charge in [0.1, 0.15) is 5.75 Å². The minimum Gasteiger partial charge on any atom is -0.497 e. The minimum absolute atomic E-state index is 0.130. The van der Waals surface area contributed by atoms with Gasteiger partial charge in [0.15, 0.2) is 57.6 Å². The van der Waals surface area contributed by atoms with Crippen LogP contribution in [0.25, 0.3) is 24.3 Å². The fourth-order valence-corrected chi connectivity index (χ4v) is 7.88. The molecule has 6 aromatic rings. The van der Waals surface area contributed by atoms with E-state index >= 15 is 8.78 Å². The molecule has 13 nitrogen and oxygen atoms in total. The van der Waals surface area contributed by atoms with Gasteiger partial charge in [-0.15, -0.1) is 0 Å². The van der Waals surface area contributed by atoms with Crippen molar-refractivity contribution in [1.29, 1.82) is 0 Å². The highest BCUT2D eigenvalue weighted by molar-refractivity contribution is 8.00. The van der Waals surface area contributed by atoms with Crippen molar-refractivity contribution in [2.75, 3.05) is 87.7 Å². The normalized spacial score (nSPS) is 10.7. The molecular formula is C51H54F2N2O11S2. The van der Waals surface area contributed by atoms with Crippen LogP contribution in [0.5, 0.6) is 63.2 Å². The van der Waals surface area contributed by atoms with Crippen molar-refractivity contribution in [2.24, 2.45) is 0 Å². The number of hydrogen-bond donors (Lipinski definition) is 2. The fourth-order valence-electron chi connectivity index (χ4n) is 6.46. The molecule has 0 aliphatic rings. The fraction of sp³-hybridized carbons (Fsp3) is 0.216. The van der Waals surface area contributed by atoms with Crippen molar-refractivity contribution in [3.63, 3.8) is 0 Å². The van der Waals surface area contributed by atoms with E-state index in [-0.39, 0.29) is 17.2 Å². The molecule has 0 heterocycles. The van der Waals surface area contributed by atoms with Crippen molar-refractivity contribution < 1.29 is 60.9 Å². The summed E-state index contributed by atoms with van der Waals surface area (Å²) >= 11 is 2.52. The van der Waals surface area contributed by atoms with Gasteiger partial charge < -0.3 is 61.5 Å². The molecule has 6 rings (SSSR count). The molecule has 0 saturated heterocycles. The predicted molar refractivity (Wildman–Crippen MR) is 267 cm³/mol. The Morgan fingerprint density at radius 1 is 0.353 bits per heavy atom. The molecule has 0 radical (unpaired) electrons. The third-order valence-corrected chi connectivity index (χ3v) is 11.6. The van der Waals surface area contributed by atoms with E-state index in [1.807, 2.05) is 66.7 Å². The summed E-state index contributed by atoms with van der Waals surface area (Å²) in [5.41, 5.74) is 3.42. The molecule has 0 bridgehead atoms. The Labute approximate surface area is 404 Å². The molecule has 0 fully saturated rings. The lowest BCUT2D eigenvalue weighted by molar-refractivity contribution is 0.324. The topological polar surface area (TPSA) is 126 Å². The molecule has 0 amide bonds. The van der Waals surface area contributed by atoms with Gasteiger partial charge in [0.25, 0.3) is 0 Å². The maximum atomic E-state index is 15.2. The van der Waals surface area contributed by atoms with Gasteiger partial charge in [0.05, 0.1) is 89.6 Å². The van der Waals surface area contributed by atoms with Crippen LogP contribution in [0.2, 0.25) is 0 Å². The first-order valence-electron chi connectivity index (χ1n) is 20.4. The second-order valence-corrected chi connectivity index (χ2v) is 15.5. The van der Waals surface area contributed by atoms with Crippen LogP contribution in [0.3, 0.4) is 0 Å². The van der Waals surface area contributed by atoms with Gasteiger partial charge in [-0.25, -0.2) is 8.78 Å². The van der Waals surface area contributed by atoms with Crippen molar-refractivity contribution in [3.05, 3.63) is 125 Å². The molecule has 0 aromatic heterocycles. The van der Waals surface area contributed by atoms with Gasteiger partial charge in [-0.1, -0.05) is 24.3 Å². The van der Waals surface area contributed by atoms with E-state index in [9.17, 15) is 0 Å². The van der Waals surface area contributed by atoms with E-state index in [0.717, 1.165) is 26.7 Å². The summed E-state index contributed by atoms with van der Waals surface area (Å²) in [4.78, 5) is 1.71. The molecule has 0 aliphatic carbocycles. The first-order chi connectivity index (χ1) is 33.0. The number of hydrogen-bond acceptors (Lipinski definition) is 15. The quantitative estimate of drug-likeness (QED) is 0.0524.